The van der Waals surface area contributed by atoms with Crippen molar-refractivity contribution in [2.24, 2.45) is 0 Å². The average Bonchev–Trinajstić information content (AvgIpc) is 2.75. The zero-order valence-electron chi connectivity index (χ0n) is 11.0. The number of hydrogen-bond acceptors (Lipinski definition) is 3. The topological polar surface area (TPSA) is 21.3 Å². The van der Waals surface area contributed by atoms with E-state index in [1.807, 2.05) is 0 Å². The molecule has 0 radical (unpaired) electrons. The molecule has 0 aliphatic carbocycles. The highest BCUT2D eigenvalue weighted by Crippen LogP contribution is 2.19. The van der Waals surface area contributed by atoms with Gasteiger partial charge in [0.1, 0.15) is 0 Å². The van der Waals surface area contributed by atoms with Gasteiger partial charge in [0, 0.05) is 18.4 Å². The molecule has 1 aliphatic rings. The van der Waals surface area contributed by atoms with Crippen LogP contribution in [0.4, 0.5) is 0 Å². The molecule has 2 unspecified atom stereocenters. The SMILES string of the molecule is CNC(CCCC1CCCO1)CSC(C)C. The van der Waals surface area contributed by atoms with Crippen molar-refractivity contribution in [1.29, 1.82) is 0 Å². The summed E-state index contributed by atoms with van der Waals surface area (Å²) in [7, 11) is 2.08. The normalized spacial score (nSPS) is 22.9. The van der Waals surface area contributed by atoms with Gasteiger partial charge >= 0.3 is 0 Å². The third kappa shape index (κ3) is 6.12. The minimum atomic E-state index is 0.565. The van der Waals surface area contributed by atoms with E-state index in [9.17, 15) is 0 Å². The van der Waals surface area contributed by atoms with Crippen LogP contribution in [0.3, 0.4) is 0 Å². The zero-order chi connectivity index (χ0) is 11.8. The second-order valence-corrected chi connectivity index (χ2v) is 6.54. The van der Waals surface area contributed by atoms with E-state index in [4.69, 9.17) is 4.74 Å². The summed E-state index contributed by atoms with van der Waals surface area (Å²) in [6.07, 6.45) is 6.96. The molecule has 0 bridgehead atoms. The number of nitrogens with one attached hydrogen (secondary N) is 1. The van der Waals surface area contributed by atoms with Crippen molar-refractivity contribution in [1.82, 2.24) is 5.32 Å². The van der Waals surface area contributed by atoms with Gasteiger partial charge in [-0.2, -0.15) is 11.8 Å². The van der Waals surface area contributed by atoms with Crippen LogP contribution in [0.5, 0.6) is 0 Å². The first-order valence-corrected chi connectivity index (χ1v) is 7.67. The van der Waals surface area contributed by atoms with E-state index >= 15 is 0 Å². The number of hydrogen-bond donors (Lipinski definition) is 1. The van der Waals surface area contributed by atoms with E-state index < -0.39 is 0 Å². The highest BCUT2D eigenvalue weighted by Gasteiger charge is 2.15. The van der Waals surface area contributed by atoms with Crippen LogP contribution in [0.1, 0.15) is 46.0 Å². The van der Waals surface area contributed by atoms with Crippen LogP contribution in [0.25, 0.3) is 0 Å². The number of thioether (sulfide) groups is 1. The van der Waals surface area contributed by atoms with Gasteiger partial charge in [-0.1, -0.05) is 13.8 Å². The first-order chi connectivity index (χ1) is 7.72. The van der Waals surface area contributed by atoms with Gasteiger partial charge in [0.15, 0.2) is 0 Å². The maximum Gasteiger partial charge on any atom is 0.0576 e. The molecule has 16 heavy (non-hydrogen) atoms. The summed E-state index contributed by atoms with van der Waals surface area (Å²) in [5.41, 5.74) is 0. The standard InChI is InChI=1S/C13H27NOS/c1-11(2)16-10-12(14-3)6-4-7-13-8-5-9-15-13/h11-14H,4-10H2,1-3H3. The summed E-state index contributed by atoms with van der Waals surface area (Å²) in [4.78, 5) is 0. The van der Waals surface area contributed by atoms with Crippen molar-refractivity contribution >= 4 is 11.8 Å². The van der Waals surface area contributed by atoms with E-state index in [0.29, 0.717) is 12.1 Å². The van der Waals surface area contributed by atoms with Crippen LogP contribution in [0.2, 0.25) is 0 Å². The Bertz CT molecular complexity index is 169. The third-order valence-corrected chi connectivity index (χ3v) is 4.40. The van der Waals surface area contributed by atoms with Crippen molar-refractivity contribution in [3.63, 3.8) is 0 Å². The molecular formula is C13H27NOS. The van der Waals surface area contributed by atoms with Gasteiger partial charge in [0.2, 0.25) is 0 Å². The Labute approximate surface area is 105 Å². The lowest BCUT2D eigenvalue weighted by Crippen LogP contribution is -2.28. The fraction of sp³-hybridized carbons (Fsp3) is 1.00. The summed E-state index contributed by atoms with van der Waals surface area (Å²) in [6, 6.07) is 0.675. The van der Waals surface area contributed by atoms with Crippen LogP contribution in [0, 0.1) is 0 Å². The Morgan fingerprint density at radius 3 is 2.81 bits per heavy atom. The maximum absolute atomic E-state index is 5.64. The fourth-order valence-electron chi connectivity index (χ4n) is 2.08. The van der Waals surface area contributed by atoms with E-state index in [2.05, 4.69) is 38.0 Å². The summed E-state index contributed by atoms with van der Waals surface area (Å²) in [6.45, 7) is 5.52. The molecule has 1 fully saturated rings. The van der Waals surface area contributed by atoms with Gasteiger partial charge in [-0.25, -0.2) is 0 Å². The van der Waals surface area contributed by atoms with Gasteiger partial charge in [-0.15, -0.1) is 0 Å². The molecule has 0 spiro atoms. The zero-order valence-corrected chi connectivity index (χ0v) is 11.8. The first kappa shape index (κ1) is 14.3. The lowest BCUT2D eigenvalue weighted by Gasteiger charge is -2.18. The van der Waals surface area contributed by atoms with Gasteiger partial charge in [0.25, 0.3) is 0 Å². The molecule has 1 rings (SSSR count). The lowest BCUT2D eigenvalue weighted by atomic mass is 10.1. The van der Waals surface area contributed by atoms with Crippen molar-refractivity contribution in [3.8, 4) is 0 Å². The quantitative estimate of drug-likeness (QED) is 0.710. The van der Waals surface area contributed by atoms with Gasteiger partial charge in [-0.3, -0.25) is 0 Å². The molecule has 1 N–H and O–H groups in total. The predicted octanol–water partition coefficient (Wildman–Crippen LogP) is 3.07. The van der Waals surface area contributed by atoms with Gasteiger partial charge in [-0.05, 0) is 44.4 Å². The molecule has 1 aliphatic heterocycles. The fourth-order valence-corrected chi connectivity index (χ4v) is 3.03. The van der Waals surface area contributed by atoms with Crippen LogP contribution in [-0.2, 0) is 4.74 Å². The van der Waals surface area contributed by atoms with Crippen LogP contribution in [-0.4, -0.2) is 36.8 Å². The molecule has 0 amide bonds. The van der Waals surface area contributed by atoms with Gasteiger partial charge < -0.3 is 10.1 Å². The van der Waals surface area contributed by atoms with Crippen molar-refractivity contribution in [2.75, 3.05) is 19.4 Å². The molecule has 0 saturated carbocycles. The maximum atomic E-state index is 5.64. The highest BCUT2D eigenvalue weighted by molar-refractivity contribution is 7.99. The molecule has 1 saturated heterocycles. The van der Waals surface area contributed by atoms with Crippen molar-refractivity contribution in [3.05, 3.63) is 0 Å². The molecule has 0 aromatic heterocycles. The van der Waals surface area contributed by atoms with E-state index in [-0.39, 0.29) is 0 Å². The number of rotatable bonds is 8. The molecule has 2 atom stereocenters. The first-order valence-electron chi connectivity index (χ1n) is 6.63. The summed E-state index contributed by atoms with van der Waals surface area (Å²) in [5, 5.41) is 4.17. The van der Waals surface area contributed by atoms with E-state index in [0.717, 1.165) is 11.9 Å². The Morgan fingerprint density at radius 1 is 1.44 bits per heavy atom. The second kappa shape index (κ2) is 8.37. The molecule has 3 heteroatoms. The smallest absolute Gasteiger partial charge is 0.0576 e. The third-order valence-electron chi connectivity index (χ3n) is 3.14. The largest absolute Gasteiger partial charge is 0.378 e. The molecule has 0 aromatic rings. The van der Waals surface area contributed by atoms with Crippen LogP contribution in [0.15, 0.2) is 0 Å². The Morgan fingerprint density at radius 2 is 2.25 bits per heavy atom. The van der Waals surface area contributed by atoms with Crippen molar-refractivity contribution in [2.45, 2.75) is 63.3 Å². The molecule has 0 aromatic carbocycles. The van der Waals surface area contributed by atoms with Crippen LogP contribution >= 0.6 is 11.8 Å². The summed E-state index contributed by atoms with van der Waals surface area (Å²) >= 11 is 2.05. The highest BCUT2D eigenvalue weighted by atomic mass is 32.2. The average molecular weight is 245 g/mol. The molecule has 96 valence electrons. The molecular weight excluding hydrogens is 218 g/mol. The Hall–Kier alpha value is 0.270. The molecule has 2 nitrogen and oxygen atoms in total. The minimum absolute atomic E-state index is 0.565. The monoisotopic (exact) mass is 245 g/mol. The van der Waals surface area contributed by atoms with Crippen molar-refractivity contribution < 1.29 is 4.74 Å². The molecule has 1 heterocycles. The minimum Gasteiger partial charge on any atom is -0.378 e. The summed E-state index contributed by atoms with van der Waals surface area (Å²) in [5.74, 6) is 1.24. The number of ether oxygens (including phenoxy) is 1. The second-order valence-electron chi connectivity index (χ2n) is 4.93. The van der Waals surface area contributed by atoms with E-state index in [1.54, 1.807) is 0 Å². The lowest BCUT2D eigenvalue weighted by molar-refractivity contribution is 0.101. The summed E-state index contributed by atoms with van der Waals surface area (Å²) < 4.78 is 5.64. The van der Waals surface area contributed by atoms with Crippen LogP contribution < -0.4 is 5.32 Å². The van der Waals surface area contributed by atoms with E-state index in [1.165, 1.54) is 37.9 Å². The van der Waals surface area contributed by atoms with Gasteiger partial charge in [0.05, 0.1) is 6.10 Å². The Balaban J connectivity index is 2.03. The predicted molar refractivity (Wildman–Crippen MR) is 73.3 cm³/mol. The Kier molecular flexibility index (Phi) is 7.50.